The van der Waals surface area contributed by atoms with Crippen LogP contribution in [-0.2, 0) is 4.79 Å². The fraction of sp³-hybridized carbons (Fsp3) is 0.0556. The van der Waals surface area contributed by atoms with Crippen LogP contribution in [0, 0.1) is 11.3 Å². The number of aromatic nitrogens is 1. The highest BCUT2D eigenvalue weighted by molar-refractivity contribution is 7.22. The maximum Gasteiger partial charge on any atom is 0.268 e. The Bertz CT molecular complexity index is 919. The van der Waals surface area contributed by atoms with Gasteiger partial charge in [-0.2, -0.15) is 5.26 Å². The zero-order chi connectivity index (χ0) is 16.9. The van der Waals surface area contributed by atoms with Crippen LogP contribution in [-0.4, -0.2) is 18.0 Å². The first-order chi connectivity index (χ1) is 11.7. The maximum absolute atomic E-state index is 12.3. The molecule has 3 rings (SSSR count). The lowest BCUT2D eigenvalue weighted by atomic mass is 10.1. The second-order valence-corrected chi connectivity index (χ2v) is 5.91. The van der Waals surface area contributed by atoms with Crippen molar-refractivity contribution in [1.82, 2.24) is 4.98 Å². The summed E-state index contributed by atoms with van der Waals surface area (Å²) in [5.41, 5.74) is 1.57. The Morgan fingerprint density at radius 3 is 2.67 bits per heavy atom. The molecule has 0 radical (unpaired) electrons. The van der Waals surface area contributed by atoms with Gasteiger partial charge in [-0.3, -0.25) is 10.1 Å². The van der Waals surface area contributed by atoms with Gasteiger partial charge >= 0.3 is 0 Å². The number of hydrogen-bond acceptors (Lipinski definition) is 5. The van der Waals surface area contributed by atoms with Crippen LogP contribution in [0.2, 0.25) is 0 Å². The van der Waals surface area contributed by atoms with Gasteiger partial charge in [-0.15, -0.1) is 0 Å². The Labute approximate surface area is 142 Å². The fourth-order valence-corrected chi connectivity index (χ4v) is 2.97. The number of rotatable bonds is 4. The van der Waals surface area contributed by atoms with Crippen molar-refractivity contribution in [2.45, 2.75) is 0 Å². The number of para-hydroxylation sites is 1. The van der Waals surface area contributed by atoms with Crippen molar-refractivity contribution in [3.63, 3.8) is 0 Å². The van der Waals surface area contributed by atoms with Crippen molar-refractivity contribution in [3.05, 3.63) is 59.7 Å². The minimum atomic E-state index is -0.479. The molecule has 0 saturated heterocycles. The predicted octanol–water partition coefficient (Wildman–Crippen LogP) is 3.85. The molecular formula is C18H13N3O2S. The Balaban J connectivity index is 1.80. The van der Waals surface area contributed by atoms with E-state index in [2.05, 4.69) is 10.3 Å². The average Bonchev–Trinajstić information content (AvgIpc) is 3.02. The Kier molecular flexibility index (Phi) is 4.54. The van der Waals surface area contributed by atoms with E-state index in [1.54, 1.807) is 31.4 Å². The fourth-order valence-electron chi connectivity index (χ4n) is 2.11. The highest BCUT2D eigenvalue weighted by Crippen LogP contribution is 2.25. The normalized spacial score (nSPS) is 11.1. The number of nitrogens with zero attached hydrogens (tertiary/aromatic N) is 2. The molecule has 0 fully saturated rings. The highest BCUT2D eigenvalue weighted by Gasteiger charge is 2.12. The Morgan fingerprint density at radius 2 is 2.00 bits per heavy atom. The molecule has 3 aromatic rings. The molecule has 1 amide bonds. The third kappa shape index (κ3) is 3.42. The van der Waals surface area contributed by atoms with Gasteiger partial charge in [-0.25, -0.2) is 4.98 Å². The Hall–Kier alpha value is -3.17. The number of fused-ring (bicyclic) bond motifs is 1. The van der Waals surface area contributed by atoms with E-state index in [1.165, 1.54) is 17.4 Å². The largest absolute Gasteiger partial charge is 0.497 e. The number of hydrogen-bond donors (Lipinski definition) is 1. The van der Waals surface area contributed by atoms with Gasteiger partial charge in [-0.05, 0) is 35.9 Å². The molecule has 0 aliphatic heterocycles. The van der Waals surface area contributed by atoms with E-state index in [-0.39, 0.29) is 5.57 Å². The van der Waals surface area contributed by atoms with E-state index in [9.17, 15) is 10.1 Å². The summed E-state index contributed by atoms with van der Waals surface area (Å²) < 4.78 is 6.06. The number of thiazole rings is 1. The molecule has 5 nitrogen and oxygen atoms in total. The number of nitrogens with one attached hydrogen (secondary N) is 1. The molecule has 1 N–H and O–H groups in total. The molecule has 0 aliphatic carbocycles. The van der Waals surface area contributed by atoms with Gasteiger partial charge in [0.15, 0.2) is 5.13 Å². The van der Waals surface area contributed by atoms with E-state index in [0.717, 1.165) is 15.8 Å². The number of carbonyl (C=O) groups is 1. The smallest absolute Gasteiger partial charge is 0.268 e. The third-order valence-electron chi connectivity index (χ3n) is 3.31. The van der Waals surface area contributed by atoms with Gasteiger partial charge in [0, 0.05) is 0 Å². The first-order valence-electron chi connectivity index (χ1n) is 7.12. The summed E-state index contributed by atoms with van der Waals surface area (Å²) in [5, 5.41) is 12.4. The van der Waals surface area contributed by atoms with Crippen LogP contribution in [0.25, 0.3) is 16.3 Å². The predicted molar refractivity (Wildman–Crippen MR) is 94.8 cm³/mol. The first kappa shape index (κ1) is 15.7. The lowest BCUT2D eigenvalue weighted by Gasteiger charge is -2.01. The maximum atomic E-state index is 12.3. The van der Waals surface area contributed by atoms with Crippen molar-refractivity contribution in [2.75, 3.05) is 12.4 Å². The molecule has 0 bridgehead atoms. The number of methoxy groups -OCH3 is 1. The molecule has 118 valence electrons. The number of benzene rings is 2. The molecule has 0 unspecified atom stereocenters. The minimum Gasteiger partial charge on any atom is -0.497 e. The molecule has 0 spiro atoms. The molecule has 1 heterocycles. The molecule has 2 aromatic carbocycles. The van der Waals surface area contributed by atoms with Crippen molar-refractivity contribution in [1.29, 1.82) is 5.26 Å². The van der Waals surface area contributed by atoms with E-state index in [1.807, 2.05) is 30.3 Å². The molecule has 24 heavy (non-hydrogen) atoms. The summed E-state index contributed by atoms with van der Waals surface area (Å²) in [7, 11) is 1.58. The van der Waals surface area contributed by atoms with E-state index in [0.29, 0.717) is 10.9 Å². The quantitative estimate of drug-likeness (QED) is 0.580. The zero-order valence-electron chi connectivity index (χ0n) is 12.8. The van der Waals surface area contributed by atoms with E-state index in [4.69, 9.17) is 4.74 Å². The molecule has 0 aliphatic rings. The van der Waals surface area contributed by atoms with Crippen LogP contribution in [0.1, 0.15) is 5.56 Å². The standard InChI is InChI=1S/C18H13N3O2S/c1-23-14-8-6-12(7-9-14)10-13(11-19)17(22)21-18-20-15-4-2-3-5-16(15)24-18/h2-10H,1H3,(H,20,21,22)/b13-10+. The zero-order valence-corrected chi connectivity index (χ0v) is 13.6. The number of carbonyl (C=O) groups excluding carboxylic acids is 1. The molecule has 0 atom stereocenters. The van der Waals surface area contributed by atoms with Gasteiger partial charge in [0.05, 0.1) is 17.3 Å². The number of ether oxygens (including phenoxy) is 1. The van der Waals surface area contributed by atoms with Crippen LogP contribution in [0.4, 0.5) is 5.13 Å². The van der Waals surface area contributed by atoms with Gasteiger partial charge < -0.3 is 4.74 Å². The van der Waals surface area contributed by atoms with Gasteiger partial charge in [0.25, 0.3) is 5.91 Å². The molecular weight excluding hydrogens is 322 g/mol. The second kappa shape index (κ2) is 6.94. The summed E-state index contributed by atoms with van der Waals surface area (Å²) in [6.07, 6.45) is 1.53. The van der Waals surface area contributed by atoms with Crippen molar-refractivity contribution < 1.29 is 9.53 Å². The van der Waals surface area contributed by atoms with Crippen LogP contribution < -0.4 is 10.1 Å². The Morgan fingerprint density at radius 1 is 1.25 bits per heavy atom. The summed E-state index contributed by atoms with van der Waals surface area (Å²) in [6.45, 7) is 0. The number of nitriles is 1. The SMILES string of the molecule is COc1ccc(/C=C(\C#N)C(=O)Nc2nc3ccccc3s2)cc1. The van der Waals surface area contributed by atoms with Crippen LogP contribution >= 0.6 is 11.3 Å². The average molecular weight is 335 g/mol. The summed E-state index contributed by atoms with van der Waals surface area (Å²) in [4.78, 5) is 16.6. The van der Waals surface area contributed by atoms with Gasteiger partial charge in [-0.1, -0.05) is 35.6 Å². The first-order valence-corrected chi connectivity index (χ1v) is 7.94. The highest BCUT2D eigenvalue weighted by atomic mass is 32.1. The van der Waals surface area contributed by atoms with Crippen LogP contribution in [0.3, 0.4) is 0 Å². The minimum absolute atomic E-state index is 0.0134. The van der Waals surface area contributed by atoms with Crippen molar-refractivity contribution in [2.24, 2.45) is 0 Å². The summed E-state index contributed by atoms with van der Waals surface area (Å²) in [6, 6.07) is 16.6. The van der Waals surface area contributed by atoms with Gasteiger partial charge in [0.1, 0.15) is 17.4 Å². The number of amides is 1. The van der Waals surface area contributed by atoms with Crippen molar-refractivity contribution >= 4 is 38.7 Å². The van der Waals surface area contributed by atoms with Gasteiger partial charge in [0.2, 0.25) is 0 Å². The monoisotopic (exact) mass is 335 g/mol. The summed E-state index contributed by atoms with van der Waals surface area (Å²) >= 11 is 1.37. The molecule has 1 aromatic heterocycles. The van der Waals surface area contributed by atoms with Crippen LogP contribution in [0.15, 0.2) is 54.1 Å². The topological polar surface area (TPSA) is 75.0 Å². The second-order valence-electron chi connectivity index (χ2n) is 4.88. The van der Waals surface area contributed by atoms with Crippen LogP contribution in [0.5, 0.6) is 5.75 Å². The molecule has 6 heteroatoms. The van der Waals surface area contributed by atoms with Crippen molar-refractivity contribution in [3.8, 4) is 11.8 Å². The van der Waals surface area contributed by atoms with E-state index >= 15 is 0 Å². The molecule has 0 saturated carbocycles. The lowest BCUT2D eigenvalue weighted by Crippen LogP contribution is -2.13. The van der Waals surface area contributed by atoms with E-state index < -0.39 is 5.91 Å². The number of anilines is 1. The lowest BCUT2D eigenvalue weighted by molar-refractivity contribution is -0.112. The summed E-state index contributed by atoms with van der Waals surface area (Å²) in [5.74, 6) is 0.233. The third-order valence-corrected chi connectivity index (χ3v) is 4.26.